The van der Waals surface area contributed by atoms with Gasteiger partial charge in [-0.25, -0.2) is 0 Å². The van der Waals surface area contributed by atoms with E-state index in [2.05, 4.69) is 67.8 Å². The number of unbranched alkanes of at least 4 members (excludes halogenated alkanes) is 55. The van der Waals surface area contributed by atoms with E-state index in [0.717, 1.165) is 51.4 Å². The molecule has 93 heavy (non-hydrogen) atoms. The molecule has 7 atom stereocenters. The minimum absolute atomic E-state index is 0.179. The molecule has 7 unspecified atom stereocenters. The third-order valence-corrected chi connectivity index (χ3v) is 19.6. The molecule has 1 aliphatic heterocycles. The average molecular weight is 1310 g/mol. The monoisotopic (exact) mass is 1310 g/mol. The van der Waals surface area contributed by atoms with Crippen molar-refractivity contribution in [3.8, 4) is 0 Å². The van der Waals surface area contributed by atoms with Crippen LogP contribution in [0.15, 0.2) is 60.8 Å². The van der Waals surface area contributed by atoms with Gasteiger partial charge in [0.2, 0.25) is 5.91 Å². The van der Waals surface area contributed by atoms with Crippen LogP contribution in [0.4, 0.5) is 0 Å². The number of hydrogen-bond acceptors (Lipinski definition) is 8. The predicted octanol–water partition coefficient (Wildman–Crippen LogP) is 23.7. The van der Waals surface area contributed by atoms with Crippen molar-refractivity contribution in [3.05, 3.63) is 60.8 Å². The number of allylic oxidation sites excluding steroid dienone is 9. The molecule has 6 N–H and O–H groups in total. The molecule has 1 aliphatic rings. The van der Waals surface area contributed by atoms with E-state index in [1.165, 1.54) is 340 Å². The maximum absolute atomic E-state index is 13.2. The first-order chi connectivity index (χ1) is 45.8. The van der Waals surface area contributed by atoms with E-state index in [-0.39, 0.29) is 12.5 Å². The number of rotatable bonds is 73. The van der Waals surface area contributed by atoms with Gasteiger partial charge in [0.1, 0.15) is 24.4 Å². The number of carbonyl (C=O) groups excluding carboxylic acids is 1. The number of ether oxygens (including phenoxy) is 2. The Kier molecular flexibility index (Phi) is 69.4. The molecule has 1 heterocycles. The molecule has 546 valence electrons. The number of aliphatic hydroxyl groups is 5. The summed E-state index contributed by atoms with van der Waals surface area (Å²) in [5.74, 6) is -0.179. The van der Waals surface area contributed by atoms with Gasteiger partial charge < -0.3 is 40.3 Å². The Morgan fingerprint density at radius 2 is 0.645 bits per heavy atom. The van der Waals surface area contributed by atoms with Gasteiger partial charge >= 0.3 is 0 Å². The zero-order valence-electron chi connectivity index (χ0n) is 61.5. The molecule has 9 nitrogen and oxygen atoms in total. The zero-order chi connectivity index (χ0) is 67.1. The van der Waals surface area contributed by atoms with Crippen molar-refractivity contribution in [1.82, 2.24) is 5.32 Å². The van der Waals surface area contributed by atoms with Gasteiger partial charge in [-0.05, 0) is 70.6 Å². The Labute approximate surface area is 576 Å². The third-order valence-electron chi connectivity index (χ3n) is 19.6. The number of aliphatic hydroxyl groups excluding tert-OH is 5. The molecule has 0 aliphatic carbocycles. The van der Waals surface area contributed by atoms with Crippen LogP contribution < -0.4 is 5.32 Å². The molecule has 0 radical (unpaired) electrons. The lowest BCUT2D eigenvalue weighted by atomic mass is 9.99. The Bertz CT molecular complexity index is 1660. The predicted molar refractivity (Wildman–Crippen MR) is 401 cm³/mol. The van der Waals surface area contributed by atoms with E-state index in [1.54, 1.807) is 6.08 Å². The van der Waals surface area contributed by atoms with Crippen molar-refractivity contribution in [2.45, 2.75) is 455 Å². The average Bonchev–Trinajstić information content (AvgIpc) is 1.00. The molecule has 0 aromatic heterocycles. The van der Waals surface area contributed by atoms with Crippen molar-refractivity contribution in [3.63, 3.8) is 0 Å². The van der Waals surface area contributed by atoms with Gasteiger partial charge in [0.05, 0.1) is 25.4 Å². The van der Waals surface area contributed by atoms with Crippen molar-refractivity contribution < 1.29 is 39.8 Å². The van der Waals surface area contributed by atoms with Gasteiger partial charge in [0.15, 0.2) is 6.29 Å². The van der Waals surface area contributed by atoms with Crippen LogP contribution in [-0.2, 0) is 14.3 Å². The van der Waals surface area contributed by atoms with Crippen molar-refractivity contribution in [2.24, 2.45) is 0 Å². The minimum atomic E-state index is -1.57. The van der Waals surface area contributed by atoms with Gasteiger partial charge in [-0.1, -0.05) is 396 Å². The van der Waals surface area contributed by atoms with Crippen LogP contribution in [-0.4, -0.2) is 87.5 Å². The molecule has 0 aromatic rings. The molecule has 1 amide bonds. The van der Waals surface area contributed by atoms with Gasteiger partial charge in [0, 0.05) is 6.42 Å². The van der Waals surface area contributed by atoms with Crippen molar-refractivity contribution >= 4 is 5.91 Å². The molecule has 0 bridgehead atoms. The zero-order valence-corrected chi connectivity index (χ0v) is 61.5. The molecule has 1 rings (SSSR count). The largest absolute Gasteiger partial charge is 0.394 e. The molecule has 1 fully saturated rings. The summed E-state index contributed by atoms with van der Waals surface area (Å²) < 4.78 is 11.3. The summed E-state index contributed by atoms with van der Waals surface area (Å²) in [6.07, 6.45) is 95.3. The van der Waals surface area contributed by atoms with Gasteiger partial charge in [-0.15, -0.1) is 0 Å². The topological polar surface area (TPSA) is 149 Å². The first-order valence-electron chi connectivity index (χ1n) is 41.0. The van der Waals surface area contributed by atoms with Crippen LogP contribution in [0.1, 0.15) is 412 Å². The van der Waals surface area contributed by atoms with E-state index in [1.807, 2.05) is 6.08 Å². The van der Waals surface area contributed by atoms with E-state index >= 15 is 0 Å². The summed E-state index contributed by atoms with van der Waals surface area (Å²) in [7, 11) is 0. The normalized spacial score (nSPS) is 17.9. The van der Waals surface area contributed by atoms with Crippen LogP contribution in [0.2, 0.25) is 0 Å². The number of carbonyl (C=O) groups is 1. The maximum Gasteiger partial charge on any atom is 0.220 e. The smallest absolute Gasteiger partial charge is 0.220 e. The molecular formula is C84H157NO8. The number of amides is 1. The SMILES string of the molecule is CCCCCCC/C=C\C/C=C\C/C=C\CCCCCCCCCCCCCCCCCCCCCCCCCCCCC(=O)NC(COC1OC(CO)C(O)C(O)C1O)C(O)/C=C/CC/C=C/CCCCCCCCCCCCCCCCCCCCCCCCC. The summed E-state index contributed by atoms with van der Waals surface area (Å²) in [4.78, 5) is 13.2. The van der Waals surface area contributed by atoms with Crippen LogP contribution in [0.25, 0.3) is 0 Å². The highest BCUT2D eigenvalue weighted by Gasteiger charge is 2.44. The summed E-state index contributed by atoms with van der Waals surface area (Å²) in [5, 5.41) is 54.9. The summed E-state index contributed by atoms with van der Waals surface area (Å²) in [6.45, 7) is 3.81. The third kappa shape index (κ3) is 60.8. The second kappa shape index (κ2) is 72.6. The van der Waals surface area contributed by atoms with Crippen LogP contribution in [0.3, 0.4) is 0 Å². The van der Waals surface area contributed by atoms with E-state index in [9.17, 15) is 30.3 Å². The molecule has 1 saturated heterocycles. The quantitative estimate of drug-likeness (QED) is 0.0261. The Morgan fingerprint density at radius 1 is 0.366 bits per heavy atom. The Balaban J connectivity index is 2.05. The fourth-order valence-electron chi connectivity index (χ4n) is 13.2. The van der Waals surface area contributed by atoms with Crippen molar-refractivity contribution in [2.75, 3.05) is 13.2 Å². The number of hydrogen-bond donors (Lipinski definition) is 6. The summed E-state index contributed by atoms with van der Waals surface area (Å²) in [5.41, 5.74) is 0. The lowest BCUT2D eigenvalue weighted by Gasteiger charge is -2.40. The van der Waals surface area contributed by atoms with E-state index in [0.29, 0.717) is 6.42 Å². The van der Waals surface area contributed by atoms with Crippen LogP contribution in [0, 0.1) is 0 Å². The summed E-state index contributed by atoms with van der Waals surface area (Å²) >= 11 is 0. The second-order valence-corrected chi connectivity index (χ2v) is 28.6. The minimum Gasteiger partial charge on any atom is -0.394 e. The fourth-order valence-corrected chi connectivity index (χ4v) is 13.2. The number of nitrogens with one attached hydrogen (secondary N) is 1. The molecule has 9 heteroatoms. The molecule has 0 spiro atoms. The highest BCUT2D eigenvalue weighted by molar-refractivity contribution is 5.76. The molecular weight excluding hydrogens is 1150 g/mol. The molecule has 0 aromatic carbocycles. The first-order valence-corrected chi connectivity index (χ1v) is 41.0. The van der Waals surface area contributed by atoms with Crippen LogP contribution in [0.5, 0.6) is 0 Å². The van der Waals surface area contributed by atoms with Crippen LogP contribution >= 0.6 is 0 Å². The summed E-state index contributed by atoms with van der Waals surface area (Å²) in [6, 6.07) is -0.824. The fraction of sp³-hybridized carbons (Fsp3) is 0.869. The Hall–Kier alpha value is -2.11. The first kappa shape index (κ1) is 88.9. The van der Waals surface area contributed by atoms with Gasteiger partial charge in [0.25, 0.3) is 0 Å². The van der Waals surface area contributed by atoms with Crippen molar-refractivity contribution in [1.29, 1.82) is 0 Å². The van der Waals surface area contributed by atoms with Gasteiger partial charge in [-0.3, -0.25) is 4.79 Å². The van der Waals surface area contributed by atoms with E-state index < -0.39 is 49.5 Å². The lowest BCUT2D eigenvalue weighted by Crippen LogP contribution is -2.60. The second-order valence-electron chi connectivity index (χ2n) is 28.6. The van der Waals surface area contributed by atoms with E-state index in [4.69, 9.17) is 9.47 Å². The standard InChI is InChI=1S/C84H157NO8/c1-3-5-7-9-11-13-15-17-19-21-23-25-27-29-31-33-34-35-36-37-38-39-40-41-42-43-44-46-48-50-52-54-56-58-60-62-64-66-68-70-72-74-80(88)85-77(76-92-84-83(91)82(90)81(89)79(75-86)93-84)78(87)73-71-69-67-65-63-61-59-57-55-53-51-49-47-45-32-30-28-26-24-22-20-18-16-14-12-10-8-6-4-2/h15,17,21,23,27,29,63,65,71,73,77-79,81-84,86-87,89-91H,3-14,16,18-20,22,24-26,28,30-62,64,66-70,72,74-76H2,1-2H3,(H,85,88)/b17-15-,23-21-,29-27-,65-63+,73-71+. The molecule has 0 saturated carbocycles. The maximum atomic E-state index is 13.2. The highest BCUT2D eigenvalue weighted by Crippen LogP contribution is 2.24. The lowest BCUT2D eigenvalue weighted by molar-refractivity contribution is -0.302. The van der Waals surface area contributed by atoms with Gasteiger partial charge in [-0.2, -0.15) is 0 Å². The highest BCUT2D eigenvalue weighted by atomic mass is 16.7. The Morgan fingerprint density at radius 3 is 0.978 bits per heavy atom.